The van der Waals surface area contributed by atoms with E-state index in [1.165, 1.54) is 5.48 Å². The Morgan fingerprint density at radius 3 is 1.89 bits per heavy atom. The van der Waals surface area contributed by atoms with Crippen molar-refractivity contribution in [3.8, 4) is 0 Å². The maximum absolute atomic E-state index is 10.8. The lowest BCUT2D eigenvalue weighted by atomic mass is 9.91. The molecule has 0 rings (SSSR count). The standard InChI is InChI=1S/C8H11NO10/c10-3(11)1-8(18,7(16)17)5(6(14)15)9-19-2-4(12)13/h5,9,18H,1-2H2,(H,10,11)(H,12,13)(H,14,15)(H,16,17). The molecule has 0 saturated heterocycles. The molecule has 0 aliphatic carbocycles. The normalized spacial score (nSPS) is 15.2. The first kappa shape index (κ1) is 16.8. The van der Waals surface area contributed by atoms with Crippen LogP contribution in [0.2, 0.25) is 0 Å². The van der Waals surface area contributed by atoms with E-state index in [4.69, 9.17) is 20.4 Å². The van der Waals surface area contributed by atoms with E-state index in [-0.39, 0.29) is 0 Å². The van der Waals surface area contributed by atoms with Crippen molar-refractivity contribution in [3.05, 3.63) is 0 Å². The van der Waals surface area contributed by atoms with Gasteiger partial charge in [0.15, 0.2) is 12.6 Å². The van der Waals surface area contributed by atoms with Crippen LogP contribution in [0.3, 0.4) is 0 Å². The van der Waals surface area contributed by atoms with Crippen molar-refractivity contribution in [2.75, 3.05) is 6.61 Å². The van der Waals surface area contributed by atoms with Gasteiger partial charge in [-0.15, -0.1) is 0 Å². The number of carbonyl (C=O) groups is 4. The van der Waals surface area contributed by atoms with Crippen LogP contribution in [0, 0.1) is 0 Å². The second kappa shape index (κ2) is 6.63. The molecule has 108 valence electrons. The van der Waals surface area contributed by atoms with Gasteiger partial charge in [0, 0.05) is 0 Å². The van der Waals surface area contributed by atoms with Crippen LogP contribution in [0.5, 0.6) is 0 Å². The lowest BCUT2D eigenvalue weighted by molar-refractivity contribution is -0.183. The van der Waals surface area contributed by atoms with E-state index in [2.05, 4.69) is 4.84 Å². The van der Waals surface area contributed by atoms with E-state index in [9.17, 15) is 24.3 Å². The number of hydrogen-bond donors (Lipinski definition) is 6. The van der Waals surface area contributed by atoms with Crippen LogP contribution in [-0.4, -0.2) is 67.7 Å². The lowest BCUT2D eigenvalue weighted by Gasteiger charge is -2.28. The zero-order valence-corrected chi connectivity index (χ0v) is 9.27. The minimum absolute atomic E-state index is 1.02. The van der Waals surface area contributed by atoms with E-state index >= 15 is 0 Å². The van der Waals surface area contributed by atoms with Crippen LogP contribution in [0.1, 0.15) is 6.42 Å². The summed E-state index contributed by atoms with van der Waals surface area (Å²) in [6, 6.07) is -2.37. The molecule has 0 radical (unpaired) electrons. The predicted molar refractivity (Wildman–Crippen MR) is 53.0 cm³/mol. The molecule has 0 spiro atoms. The molecule has 0 aromatic carbocycles. The van der Waals surface area contributed by atoms with Crippen LogP contribution in [0.25, 0.3) is 0 Å². The molecule has 19 heavy (non-hydrogen) atoms. The molecule has 0 aromatic heterocycles. The summed E-state index contributed by atoms with van der Waals surface area (Å²) < 4.78 is 0. The quantitative estimate of drug-likeness (QED) is 0.241. The topological polar surface area (TPSA) is 191 Å². The third-order valence-electron chi connectivity index (χ3n) is 1.91. The Morgan fingerprint density at radius 1 is 1.05 bits per heavy atom. The maximum atomic E-state index is 10.8. The Morgan fingerprint density at radius 2 is 1.58 bits per heavy atom. The number of aliphatic carboxylic acids is 4. The average Bonchev–Trinajstić information content (AvgIpc) is 2.21. The molecule has 11 heteroatoms. The molecule has 0 saturated carbocycles. The fraction of sp³-hybridized carbons (Fsp3) is 0.500. The van der Waals surface area contributed by atoms with E-state index in [0.29, 0.717) is 0 Å². The van der Waals surface area contributed by atoms with Gasteiger partial charge in [-0.2, -0.15) is 5.48 Å². The van der Waals surface area contributed by atoms with Crippen LogP contribution >= 0.6 is 0 Å². The summed E-state index contributed by atoms with van der Waals surface area (Å²) >= 11 is 0. The molecule has 6 N–H and O–H groups in total. The minimum Gasteiger partial charge on any atom is -0.481 e. The smallest absolute Gasteiger partial charge is 0.338 e. The van der Waals surface area contributed by atoms with Crippen LogP contribution in [0.4, 0.5) is 0 Å². The molecule has 2 atom stereocenters. The van der Waals surface area contributed by atoms with Crippen molar-refractivity contribution in [2.45, 2.75) is 18.1 Å². The number of hydrogen-bond acceptors (Lipinski definition) is 7. The molecule has 2 unspecified atom stereocenters. The van der Waals surface area contributed by atoms with Crippen molar-refractivity contribution in [2.24, 2.45) is 0 Å². The van der Waals surface area contributed by atoms with Crippen molar-refractivity contribution in [1.82, 2.24) is 5.48 Å². The minimum atomic E-state index is -3.21. The number of aliphatic hydroxyl groups is 1. The van der Waals surface area contributed by atoms with Gasteiger partial charge >= 0.3 is 23.9 Å². The monoisotopic (exact) mass is 281 g/mol. The highest BCUT2D eigenvalue weighted by molar-refractivity contribution is 5.91. The number of hydroxylamine groups is 1. The summed E-state index contributed by atoms with van der Waals surface area (Å²) in [6.45, 7) is -1.02. The number of nitrogens with one attached hydrogen (secondary N) is 1. The first-order chi connectivity index (χ1) is 8.61. The first-order valence-corrected chi connectivity index (χ1v) is 4.60. The number of carboxylic acids is 4. The third-order valence-corrected chi connectivity index (χ3v) is 1.91. The fourth-order valence-electron chi connectivity index (χ4n) is 1.07. The van der Waals surface area contributed by atoms with Crippen LogP contribution < -0.4 is 5.48 Å². The Labute approximate surface area is 105 Å². The van der Waals surface area contributed by atoms with Gasteiger partial charge < -0.3 is 25.5 Å². The Bertz CT molecular complexity index is 393. The summed E-state index contributed by atoms with van der Waals surface area (Å²) in [5.74, 6) is -7.31. The van der Waals surface area contributed by atoms with Crippen molar-refractivity contribution in [3.63, 3.8) is 0 Å². The van der Waals surface area contributed by atoms with Gasteiger partial charge in [0.25, 0.3) is 0 Å². The van der Waals surface area contributed by atoms with E-state index < -0.39 is 48.5 Å². The van der Waals surface area contributed by atoms with Gasteiger partial charge in [-0.1, -0.05) is 0 Å². The molecule has 0 bridgehead atoms. The second-order valence-electron chi connectivity index (χ2n) is 3.37. The second-order valence-corrected chi connectivity index (χ2v) is 3.37. The van der Waals surface area contributed by atoms with Crippen molar-refractivity contribution in [1.29, 1.82) is 0 Å². The molecule has 0 aliphatic rings. The highest BCUT2D eigenvalue weighted by Gasteiger charge is 2.50. The van der Waals surface area contributed by atoms with Gasteiger partial charge in [-0.25, -0.2) is 9.59 Å². The summed E-state index contributed by atoms with van der Waals surface area (Å²) in [7, 11) is 0. The fourth-order valence-corrected chi connectivity index (χ4v) is 1.07. The Hall–Kier alpha value is -2.24. The van der Waals surface area contributed by atoms with Gasteiger partial charge in [-0.3, -0.25) is 14.4 Å². The SMILES string of the molecule is O=C(O)CONC(C(=O)O)C(O)(CC(=O)O)C(=O)O. The molecule has 0 amide bonds. The zero-order valence-electron chi connectivity index (χ0n) is 9.27. The number of carboxylic acid groups (broad SMARTS) is 4. The summed E-state index contributed by atoms with van der Waals surface area (Å²) in [4.78, 5) is 46.3. The van der Waals surface area contributed by atoms with Gasteiger partial charge in [0.1, 0.15) is 0 Å². The molecule has 11 nitrogen and oxygen atoms in total. The summed E-state index contributed by atoms with van der Waals surface area (Å²) in [5.41, 5.74) is -1.71. The largest absolute Gasteiger partial charge is 0.481 e. The van der Waals surface area contributed by atoms with Crippen molar-refractivity contribution < 1.29 is 49.5 Å². The van der Waals surface area contributed by atoms with Crippen LogP contribution in [0.15, 0.2) is 0 Å². The average molecular weight is 281 g/mol. The zero-order chi connectivity index (χ0) is 15.2. The summed E-state index contributed by atoms with van der Waals surface area (Å²) in [6.07, 6.45) is -1.43. The maximum Gasteiger partial charge on any atom is 0.338 e. The molecule has 0 aliphatic heterocycles. The predicted octanol–water partition coefficient (Wildman–Crippen LogP) is -2.66. The molecule has 0 fully saturated rings. The van der Waals surface area contributed by atoms with E-state index in [1.807, 2.05) is 0 Å². The Kier molecular flexibility index (Phi) is 5.85. The summed E-state index contributed by atoms with van der Waals surface area (Å²) in [5, 5.41) is 43.8. The van der Waals surface area contributed by atoms with Gasteiger partial charge in [0.2, 0.25) is 5.60 Å². The highest BCUT2D eigenvalue weighted by Crippen LogP contribution is 2.17. The first-order valence-electron chi connectivity index (χ1n) is 4.60. The van der Waals surface area contributed by atoms with Crippen molar-refractivity contribution >= 4 is 23.9 Å². The molecular formula is C8H11NO10. The third kappa shape index (κ3) is 4.87. The lowest BCUT2D eigenvalue weighted by Crippen LogP contribution is -2.60. The molecule has 0 heterocycles. The van der Waals surface area contributed by atoms with E-state index in [0.717, 1.165) is 0 Å². The highest BCUT2D eigenvalue weighted by atomic mass is 16.7. The molecular weight excluding hydrogens is 270 g/mol. The molecule has 0 aromatic rings. The Balaban J connectivity index is 5.07. The van der Waals surface area contributed by atoms with Gasteiger partial charge in [-0.05, 0) is 0 Å². The van der Waals surface area contributed by atoms with Gasteiger partial charge in [0.05, 0.1) is 6.42 Å². The van der Waals surface area contributed by atoms with Crippen LogP contribution in [-0.2, 0) is 24.0 Å². The van der Waals surface area contributed by atoms with E-state index in [1.54, 1.807) is 0 Å². The number of rotatable bonds is 9.